The fourth-order valence-electron chi connectivity index (χ4n) is 2.92. The van der Waals surface area contributed by atoms with Gasteiger partial charge >= 0.3 is 0 Å². The lowest BCUT2D eigenvalue weighted by molar-refractivity contribution is 0.0989. The number of carbonyl (C=O) groups is 1. The standard InChI is InChI=1S/C22H19BrO3S/c1-16-12-14-19(15-13-16)27(25,26)22(18-10-6-3-7-11-18)20(23)21(24)17-8-4-2-5-9-17/h2-15,20,22H,1H3. The molecule has 5 heteroatoms. The fourth-order valence-corrected chi connectivity index (χ4v) is 6.11. The van der Waals surface area contributed by atoms with Crippen molar-refractivity contribution in [2.24, 2.45) is 0 Å². The highest BCUT2D eigenvalue weighted by Gasteiger charge is 2.38. The Morgan fingerprint density at radius 1 is 0.815 bits per heavy atom. The maximum absolute atomic E-state index is 13.4. The second kappa shape index (κ2) is 8.19. The molecule has 0 heterocycles. The summed E-state index contributed by atoms with van der Waals surface area (Å²) in [5.74, 6) is -0.264. The normalized spacial score (nSPS) is 13.7. The fraction of sp³-hybridized carbons (Fsp3) is 0.136. The Kier molecular flexibility index (Phi) is 5.92. The van der Waals surface area contributed by atoms with Crippen LogP contribution in [0.5, 0.6) is 0 Å². The first-order valence-electron chi connectivity index (χ1n) is 8.50. The van der Waals surface area contributed by atoms with Crippen molar-refractivity contribution in [3.8, 4) is 0 Å². The molecule has 138 valence electrons. The molecule has 0 saturated carbocycles. The van der Waals surface area contributed by atoms with E-state index in [2.05, 4.69) is 15.9 Å². The third-order valence-corrected chi connectivity index (χ3v) is 7.82. The van der Waals surface area contributed by atoms with Gasteiger partial charge < -0.3 is 0 Å². The molecule has 0 spiro atoms. The van der Waals surface area contributed by atoms with Crippen molar-refractivity contribution in [1.82, 2.24) is 0 Å². The van der Waals surface area contributed by atoms with E-state index in [4.69, 9.17) is 0 Å². The average Bonchev–Trinajstić information content (AvgIpc) is 2.69. The van der Waals surface area contributed by atoms with Crippen molar-refractivity contribution in [3.05, 3.63) is 102 Å². The molecule has 3 aromatic rings. The number of hydrogen-bond acceptors (Lipinski definition) is 3. The van der Waals surface area contributed by atoms with Gasteiger partial charge in [0.25, 0.3) is 0 Å². The highest BCUT2D eigenvalue weighted by atomic mass is 79.9. The van der Waals surface area contributed by atoms with Crippen LogP contribution in [0.15, 0.2) is 89.8 Å². The second-order valence-electron chi connectivity index (χ2n) is 6.32. The van der Waals surface area contributed by atoms with Crippen LogP contribution >= 0.6 is 15.9 Å². The zero-order valence-corrected chi connectivity index (χ0v) is 17.2. The van der Waals surface area contributed by atoms with Crippen LogP contribution in [-0.4, -0.2) is 19.0 Å². The van der Waals surface area contributed by atoms with Crippen LogP contribution in [0.3, 0.4) is 0 Å². The molecule has 27 heavy (non-hydrogen) atoms. The minimum absolute atomic E-state index is 0.201. The SMILES string of the molecule is Cc1ccc(S(=O)(=O)C(c2ccccc2)C(Br)C(=O)c2ccccc2)cc1. The van der Waals surface area contributed by atoms with E-state index in [0.717, 1.165) is 5.56 Å². The maximum Gasteiger partial charge on any atom is 0.186 e. The van der Waals surface area contributed by atoms with Gasteiger partial charge in [-0.1, -0.05) is 94.3 Å². The molecule has 0 saturated heterocycles. The molecular weight excluding hydrogens is 424 g/mol. The molecule has 0 fully saturated rings. The Hall–Kier alpha value is -2.24. The van der Waals surface area contributed by atoms with Crippen molar-refractivity contribution in [2.75, 3.05) is 0 Å². The van der Waals surface area contributed by atoms with Gasteiger partial charge in [-0.3, -0.25) is 4.79 Å². The maximum atomic E-state index is 13.4. The average molecular weight is 443 g/mol. The minimum atomic E-state index is -3.79. The molecule has 3 nitrogen and oxygen atoms in total. The van der Waals surface area contributed by atoms with Gasteiger partial charge in [0.15, 0.2) is 15.6 Å². The highest BCUT2D eigenvalue weighted by Crippen LogP contribution is 2.37. The van der Waals surface area contributed by atoms with E-state index >= 15 is 0 Å². The first-order chi connectivity index (χ1) is 12.9. The number of rotatable bonds is 6. The van der Waals surface area contributed by atoms with E-state index in [1.54, 1.807) is 72.8 Å². The van der Waals surface area contributed by atoms with Crippen molar-refractivity contribution in [2.45, 2.75) is 21.9 Å². The number of halogens is 1. The van der Waals surface area contributed by atoms with Gasteiger partial charge in [-0.25, -0.2) is 8.42 Å². The van der Waals surface area contributed by atoms with Crippen molar-refractivity contribution < 1.29 is 13.2 Å². The van der Waals surface area contributed by atoms with Crippen LogP contribution in [0.4, 0.5) is 0 Å². The van der Waals surface area contributed by atoms with Crippen LogP contribution in [0.2, 0.25) is 0 Å². The molecule has 3 aromatic carbocycles. The summed E-state index contributed by atoms with van der Waals surface area (Å²) >= 11 is 3.40. The molecule has 0 aliphatic carbocycles. The number of carbonyl (C=O) groups excluding carboxylic acids is 1. The summed E-state index contributed by atoms with van der Waals surface area (Å²) in [5, 5.41) is -1.03. The third kappa shape index (κ3) is 4.20. The smallest absolute Gasteiger partial charge is 0.186 e. The summed E-state index contributed by atoms with van der Waals surface area (Å²) in [6, 6.07) is 24.3. The number of alkyl halides is 1. The van der Waals surface area contributed by atoms with Gasteiger partial charge in [0.2, 0.25) is 0 Å². The topological polar surface area (TPSA) is 51.2 Å². The van der Waals surface area contributed by atoms with Crippen LogP contribution in [-0.2, 0) is 9.84 Å². The quantitative estimate of drug-likeness (QED) is 0.391. The van der Waals surface area contributed by atoms with Gasteiger partial charge in [0.1, 0.15) is 5.25 Å². The number of aryl methyl sites for hydroxylation is 1. The van der Waals surface area contributed by atoms with E-state index in [9.17, 15) is 13.2 Å². The molecule has 2 atom stereocenters. The number of Topliss-reactive ketones (excluding diaryl/α,β-unsaturated/α-hetero) is 1. The second-order valence-corrected chi connectivity index (χ2v) is 9.38. The van der Waals surface area contributed by atoms with Crippen molar-refractivity contribution >= 4 is 31.6 Å². The predicted molar refractivity (Wildman–Crippen MR) is 111 cm³/mol. The molecule has 0 aromatic heterocycles. The van der Waals surface area contributed by atoms with Crippen molar-refractivity contribution in [1.29, 1.82) is 0 Å². The summed E-state index contributed by atoms with van der Waals surface area (Å²) in [5.41, 5.74) is 2.02. The zero-order chi connectivity index (χ0) is 19.4. The Bertz CT molecular complexity index is 1010. The Morgan fingerprint density at radius 2 is 1.33 bits per heavy atom. The molecule has 0 bridgehead atoms. The lowest BCUT2D eigenvalue weighted by Gasteiger charge is -2.23. The molecular formula is C22H19BrO3S. The van der Waals surface area contributed by atoms with Crippen LogP contribution < -0.4 is 0 Å². The van der Waals surface area contributed by atoms with Gasteiger partial charge in [-0.15, -0.1) is 0 Å². The predicted octanol–water partition coefficient (Wildman–Crippen LogP) is 5.16. The van der Waals surface area contributed by atoms with E-state index in [1.165, 1.54) is 0 Å². The monoisotopic (exact) mass is 442 g/mol. The van der Waals surface area contributed by atoms with Crippen LogP contribution in [0.1, 0.15) is 26.7 Å². The minimum Gasteiger partial charge on any atom is -0.293 e. The van der Waals surface area contributed by atoms with Gasteiger partial charge in [0.05, 0.1) is 9.72 Å². The first kappa shape index (κ1) is 19.5. The number of sulfone groups is 1. The Morgan fingerprint density at radius 3 is 1.89 bits per heavy atom. The van der Waals surface area contributed by atoms with E-state index in [1.807, 2.05) is 19.1 Å². The molecule has 2 unspecified atom stereocenters. The van der Waals surface area contributed by atoms with Crippen LogP contribution in [0.25, 0.3) is 0 Å². The summed E-state index contributed by atoms with van der Waals surface area (Å²) in [6.07, 6.45) is 0. The van der Waals surface area contributed by atoms with Crippen molar-refractivity contribution in [3.63, 3.8) is 0 Å². The highest BCUT2D eigenvalue weighted by molar-refractivity contribution is 9.10. The third-order valence-electron chi connectivity index (χ3n) is 4.39. The van der Waals surface area contributed by atoms with E-state index in [0.29, 0.717) is 11.1 Å². The lowest BCUT2D eigenvalue weighted by atomic mass is 10.0. The first-order valence-corrected chi connectivity index (χ1v) is 11.0. The van der Waals surface area contributed by atoms with Gasteiger partial charge in [0, 0.05) is 5.56 Å². The van der Waals surface area contributed by atoms with Crippen LogP contribution in [0, 0.1) is 6.92 Å². The summed E-state index contributed by atoms with van der Waals surface area (Å²) < 4.78 is 26.9. The summed E-state index contributed by atoms with van der Waals surface area (Å²) in [6.45, 7) is 1.90. The molecule has 0 radical (unpaired) electrons. The van der Waals surface area contributed by atoms with Gasteiger partial charge in [-0.2, -0.15) is 0 Å². The zero-order valence-electron chi connectivity index (χ0n) is 14.7. The molecule has 0 N–H and O–H groups in total. The number of benzene rings is 3. The molecule has 0 aliphatic heterocycles. The number of ketones is 1. The molecule has 0 amide bonds. The summed E-state index contributed by atoms with van der Waals surface area (Å²) in [7, 11) is -3.79. The number of hydrogen-bond donors (Lipinski definition) is 0. The lowest BCUT2D eigenvalue weighted by Crippen LogP contribution is -2.29. The largest absolute Gasteiger partial charge is 0.293 e. The molecule has 0 aliphatic rings. The summed E-state index contributed by atoms with van der Waals surface area (Å²) in [4.78, 5) is 12.3. The Labute approximate surface area is 168 Å². The van der Waals surface area contributed by atoms with Gasteiger partial charge in [-0.05, 0) is 24.6 Å². The Balaban J connectivity index is 2.09. The van der Waals surface area contributed by atoms with E-state index in [-0.39, 0.29) is 10.7 Å². The molecule has 3 rings (SSSR count). The van der Waals surface area contributed by atoms with E-state index < -0.39 is 19.9 Å².